The van der Waals surface area contributed by atoms with Gasteiger partial charge in [0.15, 0.2) is 0 Å². The molecule has 0 aliphatic heterocycles. The Morgan fingerprint density at radius 1 is 1.46 bits per heavy atom. The average molecular weight is 348 g/mol. The summed E-state index contributed by atoms with van der Waals surface area (Å²) in [6.07, 6.45) is 0. The van der Waals surface area contributed by atoms with Gasteiger partial charge in [0.05, 0.1) is 11.5 Å². The van der Waals surface area contributed by atoms with Gasteiger partial charge in [0.25, 0.3) is 11.6 Å². The van der Waals surface area contributed by atoms with Crippen LogP contribution in [0.2, 0.25) is 0 Å². The van der Waals surface area contributed by atoms with Crippen LogP contribution in [0, 0.1) is 17.0 Å². The van der Waals surface area contributed by atoms with Gasteiger partial charge >= 0.3 is 0 Å². The fourth-order valence-electron chi connectivity index (χ4n) is 2.24. The molecule has 0 bridgehead atoms. The van der Waals surface area contributed by atoms with E-state index in [0.29, 0.717) is 12.2 Å². The summed E-state index contributed by atoms with van der Waals surface area (Å²) in [7, 11) is 1.77. The van der Waals surface area contributed by atoms with Crippen LogP contribution in [0.1, 0.15) is 34.9 Å². The van der Waals surface area contributed by atoms with Gasteiger partial charge in [-0.2, -0.15) is 0 Å². The summed E-state index contributed by atoms with van der Waals surface area (Å²) in [5, 5.41) is 17.0. The molecule has 2 aromatic rings. The number of nitro benzene ring substituents is 1. The van der Waals surface area contributed by atoms with Crippen LogP contribution in [-0.2, 0) is 6.54 Å². The summed E-state index contributed by atoms with van der Waals surface area (Å²) < 4.78 is 0. The molecule has 1 amide bonds. The molecule has 8 heteroatoms. The van der Waals surface area contributed by atoms with E-state index < -0.39 is 4.92 Å². The van der Waals surface area contributed by atoms with Crippen LogP contribution in [0.25, 0.3) is 0 Å². The number of thiazole rings is 1. The molecule has 7 nitrogen and oxygen atoms in total. The van der Waals surface area contributed by atoms with E-state index in [0.717, 1.165) is 10.7 Å². The minimum Gasteiger partial charge on any atom is -0.362 e. The number of aryl methyl sites for hydroxylation is 1. The maximum atomic E-state index is 12.0. The van der Waals surface area contributed by atoms with Crippen molar-refractivity contribution in [2.24, 2.45) is 0 Å². The highest BCUT2D eigenvalue weighted by Gasteiger charge is 2.21. The van der Waals surface area contributed by atoms with Crippen LogP contribution in [0.5, 0.6) is 0 Å². The van der Waals surface area contributed by atoms with Crippen LogP contribution in [0.15, 0.2) is 23.6 Å². The van der Waals surface area contributed by atoms with E-state index in [1.807, 2.05) is 26.2 Å². The molecule has 0 saturated heterocycles. The number of nitro groups is 1. The summed E-state index contributed by atoms with van der Waals surface area (Å²) >= 11 is 1.51. The maximum Gasteiger partial charge on any atom is 0.293 e. The van der Waals surface area contributed by atoms with E-state index in [9.17, 15) is 14.9 Å². The average Bonchev–Trinajstić information content (AvgIpc) is 2.90. The lowest BCUT2D eigenvalue weighted by molar-refractivity contribution is -0.384. The van der Waals surface area contributed by atoms with Crippen LogP contribution in [-0.4, -0.2) is 28.9 Å². The first kappa shape index (κ1) is 17.9. The quantitative estimate of drug-likeness (QED) is 0.640. The molecule has 0 fully saturated rings. The van der Waals surface area contributed by atoms with Crippen molar-refractivity contribution in [3.63, 3.8) is 0 Å². The molecule has 0 spiro atoms. The number of amides is 1. The van der Waals surface area contributed by atoms with Crippen LogP contribution in [0.4, 0.5) is 11.4 Å². The van der Waals surface area contributed by atoms with Gasteiger partial charge in [-0.3, -0.25) is 14.9 Å². The Bertz CT molecular complexity index is 758. The minimum absolute atomic E-state index is 0.0351. The topological polar surface area (TPSA) is 88.4 Å². The Morgan fingerprint density at radius 3 is 2.71 bits per heavy atom. The zero-order valence-electron chi connectivity index (χ0n) is 14.1. The lowest BCUT2D eigenvalue weighted by atomic mass is 10.1. The van der Waals surface area contributed by atoms with Gasteiger partial charge in [-0.05, 0) is 32.9 Å². The van der Waals surface area contributed by atoms with Crippen LogP contribution < -0.4 is 10.2 Å². The van der Waals surface area contributed by atoms with Crippen molar-refractivity contribution < 1.29 is 9.72 Å². The van der Waals surface area contributed by atoms with E-state index in [2.05, 4.69) is 10.3 Å². The predicted molar refractivity (Wildman–Crippen MR) is 94.7 cm³/mol. The zero-order chi connectivity index (χ0) is 17.9. The second-order valence-electron chi connectivity index (χ2n) is 5.83. The first-order chi connectivity index (χ1) is 11.3. The van der Waals surface area contributed by atoms with Gasteiger partial charge in [0.2, 0.25) is 0 Å². The lowest BCUT2D eigenvalue weighted by Crippen LogP contribution is -2.30. The summed E-state index contributed by atoms with van der Waals surface area (Å²) in [5.74, 6) is -0.321. The van der Waals surface area contributed by atoms with E-state index >= 15 is 0 Å². The highest BCUT2D eigenvalue weighted by atomic mass is 32.1. The number of benzene rings is 1. The standard InChI is InChI=1S/C16H20N4O3S/c1-10(2)17-16(21)12-5-6-13(14(7-12)20(22)23)19(4)8-15-18-11(3)9-24-15/h5-7,9-10H,8H2,1-4H3,(H,17,21). The number of hydrogen-bond acceptors (Lipinski definition) is 6. The highest BCUT2D eigenvalue weighted by molar-refractivity contribution is 7.09. The SMILES string of the molecule is Cc1csc(CN(C)c2ccc(C(=O)NC(C)C)cc2[N+](=O)[O-])n1. The number of rotatable bonds is 6. The summed E-state index contributed by atoms with van der Waals surface area (Å²) in [5.41, 5.74) is 1.56. The predicted octanol–water partition coefficient (Wildman–Crippen LogP) is 3.13. The number of aromatic nitrogens is 1. The monoisotopic (exact) mass is 348 g/mol. The number of hydrogen-bond donors (Lipinski definition) is 1. The Morgan fingerprint density at radius 2 is 2.17 bits per heavy atom. The van der Waals surface area contributed by atoms with E-state index in [-0.39, 0.29) is 23.2 Å². The van der Waals surface area contributed by atoms with E-state index in [1.54, 1.807) is 24.1 Å². The van der Waals surface area contributed by atoms with Gasteiger partial charge in [-0.1, -0.05) is 0 Å². The molecule has 1 N–H and O–H groups in total. The van der Waals surface area contributed by atoms with Gasteiger partial charge in [0, 0.05) is 35.8 Å². The number of nitrogens with one attached hydrogen (secondary N) is 1. The molecule has 24 heavy (non-hydrogen) atoms. The second kappa shape index (κ2) is 7.39. The lowest BCUT2D eigenvalue weighted by Gasteiger charge is -2.18. The molecule has 0 atom stereocenters. The maximum absolute atomic E-state index is 12.0. The first-order valence-electron chi connectivity index (χ1n) is 7.49. The summed E-state index contributed by atoms with van der Waals surface area (Å²) in [6.45, 7) is 6.05. The van der Waals surface area contributed by atoms with Crippen molar-refractivity contribution >= 4 is 28.6 Å². The van der Waals surface area contributed by atoms with Crippen molar-refractivity contribution in [2.75, 3.05) is 11.9 Å². The second-order valence-corrected chi connectivity index (χ2v) is 6.77. The zero-order valence-corrected chi connectivity index (χ0v) is 14.9. The van der Waals surface area contributed by atoms with Gasteiger partial charge < -0.3 is 10.2 Å². The number of carbonyl (C=O) groups excluding carboxylic acids is 1. The summed E-state index contributed by atoms with van der Waals surface area (Å²) in [4.78, 5) is 29.1. The summed E-state index contributed by atoms with van der Waals surface area (Å²) in [6, 6.07) is 4.49. The van der Waals surface area contributed by atoms with Crippen molar-refractivity contribution in [1.29, 1.82) is 0 Å². The van der Waals surface area contributed by atoms with Crippen molar-refractivity contribution in [1.82, 2.24) is 10.3 Å². The smallest absolute Gasteiger partial charge is 0.293 e. The highest BCUT2D eigenvalue weighted by Crippen LogP contribution is 2.30. The van der Waals surface area contributed by atoms with Crippen molar-refractivity contribution in [3.05, 3.63) is 50.0 Å². The molecular formula is C16H20N4O3S. The number of nitrogens with zero attached hydrogens (tertiary/aromatic N) is 3. The van der Waals surface area contributed by atoms with Crippen LogP contribution in [0.3, 0.4) is 0 Å². The third-order valence-corrected chi connectivity index (χ3v) is 4.26. The Balaban J connectivity index is 2.29. The molecule has 0 aliphatic rings. The van der Waals surface area contributed by atoms with Crippen molar-refractivity contribution in [3.8, 4) is 0 Å². The molecule has 1 aromatic carbocycles. The third kappa shape index (κ3) is 4.29. The van der Waals surface area contributed by atoms with E-state index in [4.69, 9.17) is 0 Å². The molecule has 1 aromatic heterocycles. The Kier molecular flexibility index (Phi) is 5.50. The molecule has 0 radical (unpaired) electrons. The van der Waals surface area contributed by atoms with Crippen molar-refractivity contribution in [2.45, 2.75) is 33.4 Å². The molecular weight excluding hydrogens is 328 g/mol. The fourth-order valence-corrected chi connectivity index (χ4v) is 3.07. The first-order valence-corrected chi connectivity index (χ1v) is 8.37. The Labute approximate surface area is 144 Å². The fraction of sp³-hybridized carbons (Fsp3) is 0.375. The molecule has 0 unspecified atom stereocenters. The van der Waals surface area contributed by atoms with Gasteiger partial charge in [-0.15, -0.1) is 11.3 Å². The largest absolute Gasteiger partial charge is 0.362 e. The number of anilines is 1. The normalized spacial score (nSPS) is 10.7. The van der Waals surface area contributed by atoms with Gasteiger partial charge in [-0.25, -0.2) is 4.98 Å². The minimum atomic E-state index is -0.467. The molecule has 0 aliphatic carbocycles. The van der Waals surface area contributed by atoms with Crippen LogP contribution >= 0.6 is 11.3 Å². The van der Waals surface area contributed by atoms with Gasteiger partial charge in [0.1, 0.15) is 10.7 Å². The van der Waals surface area contributed by atoms with E-state index in [1.165, 1.54) is 17.4 Å². The Hall–Kier alpha value is -2.48. The molecule has 128 valence electrons. The molecule has 1 heterocycles. The molecule has 0 saturated carbocycles. The third-order valence-electron chi connectivity index (χ3n) is 3.30. The molecule has 2 rings (SSSR count). The number of carbonyl (C=O) groups is 1.